The van der Waals surface area contributed by atoms with Crippen LogP contribution in [0.25, 0.3) is 0 Å². The first-order valence-electron chi connectivity index (χ1n) is 12.3. The highest BCUT2D eigenvalue weighted by Gasteiger charge is 2.54. The predicted octanol–water partition coefficient (Wildman–Crippen LogP) is 2.98. The molecule has 1 spiro atoms. The number of urea groups is 1. The van der Waals surface area contributed by atoms with E-state index in [1.54, 1.807) is 7.11 Å². The molecule has 1 heterocycles. The van der Waals surface area contributed by atoms with E-state index in [9.17, 15) is 14.4 Å². The molecule has 0 bridgehead atoms. The maximum absolute atomic E-state index is 13.5. The lowest BCUT2D eigenvalue weighted by Gasteiger charge is -2.33. The zero-order valence-electron chi connectivity index (χ0n) is 20.7. The van der Waals surface area contributed by atoms with Gasteiger partial charge in [-0.05, 0) is 61.2 Å². The van der Waals surface area contributed by atoms with Crippen LogP contribution in [0.4, 0.5) is 4.79 Å². The molecular formula is C27H34N4O4. The SMILES string of the molecule is CCN(CC)[C@@H](CNC(=O)CN1C(=O)N[C@]2(CCCc3ccccc32)C1=O)c1cccc(OC)c1. The van der Waals surface area contributed by atoms with Crippen LogP contribution in [-0.4, -0.2) is 60.9 Å². The molecule has 1 fully saturated rings. The van der Waals surface area contributed by atoms with Gasteiger partial charge in [-0.2, -0.15) is 0 Å². The minimum Gasteiger partial charge on any atom is -0.497 e. The number of amides is 4. The number of nitrogens with one attached hydrogen (secondary N) is 2. The fourth-order valence-corrected chi connectivity index (χ4v) is 5.34. The molecule has 2 aromatic rings. The van der Waals surface area contributed by atoms with Gasteiger partial charge in [-0.1, -0.05) is 50.2 Å². The van der Waals surface area contributed by atoms with E-state index >= 15 is 0 Å². The summed E-state index contributed by atoms with van der Waals surface area (Å²) in [6, 6.07) is 14.9. The topological polar surface area (TPSA) is 91.0 Å². The van der Waals surface area contributed by atoms with Gasteiger partial charge in [0, 0.05) is 6.54 Å². The van der Waals surface area contributed by atoms with Crippen LogP contribution in [0.1, 0.15) is 49.4 Å². The summed E-state index contributed by atoms with van der Waals surface area (Å²) in [5.41, 5.74) is 1.86. The molecule has 1 aliphatic heterocycles. The molecule has 4 rings (SSSR count). The van der Waals surface area contributed by atoms with Gasteiger partial charge >= 0.3 is 6.03 Å². The van der Waals surface area contributed by atoms with E-state index in [2.05, 4.69) is 29.4 Å². The van der Waals surface area contributed by atoms with Gasteiger partial charge in [0.05, 0.1) is 13.2 Å². The Morgan fingerprint density at radius 3 is 2.69 bits per heavy atom. The number of aryl methyl sites for hydroxylation is 1. The fraction of sp³-hybridized carbons (Fsp3) is 0.444. The van der Waals surface area contributed by atoms with Crippen molar-refractivity contribution in [2.24, 2.45) is 0 Å². The number of methoxy groups -OCH3 is 1. The smallest absolute Gasteiger partial charge is 0.325 e. The van der Waals surface area contributed by atoms with Crippen LogP contribution in [0.2, 0.25) is 0 Å². The summed E-state index contributed by atoms with van der Waals surface area (Å²) in [5, 5.41) is 5.86. The standard InChI is InChI=1S/C27H34N4O4/c1-4-30(5-2)23(20-11-8-13-21(16-20)35-3)17-28-24(32)18-31-25(33)27(29-26(31)34)15-9-12-19-10-6-7-14-22(19)27/h6-8,10-11,13-14,16,23H,4-5,9,12,15,17-18H2,1-3H3,(H,28,32)(H,29,34)/t23-,27-/m0/s1. The number of nitrogens with zero attached hydrogens (tertiary/aromatic N) is 2. The van der Waals surface area contributed by atoms with Crippen molar-refractivity contribution in [2.75, 3.05) is 33.3 Å². The van der Waals surface area contributed by atoms with E-state index in [-0.39, 0.29) is 24.4 Å². The lowest BCUT2D eigenvalue weighted by molar-refractivity contribution is -0.135. The molecule has 2 N–H and O–H groups in total. The summed E-state index contributed by atoms with van der Waals surface area (Å²) in [6.45, 7) is 5.82. The molecule has 0 radical (unpaired) electrons. The quantitative estimate of drug-likeness (QED) is 0.541. The van der Waals surface area contributed by atoms with Crippen LogP contribution in [0, 0.1) is 0 Å². The van der Waals surface area contributed by atoms with Gasteiger partial charge < -0.3 is 15.4 Å². The summed E-state index contributed by atoms with van der Waals surface area (Å²) in [4.78, 5) is 42.5. The number of carbonyl (C=O) groups is 3. The van der Waals surface area contributed by atoms with Crippen molar-refractivity contribution in [3.8, 4) is 5.75 Å². The summed E-state index contributed by atoms with van der Waals surface area (Å²) in [5.74, 6) is 0.0379. The minimum absolute atomic E-state index is 0.0660. The van der Waals surface area contributed by atoms with Crippen molar-refractivity contribution in [1.29, 1.82) is 0 Å². The van der Waals surface area contributed by atoms with Crippen molar-refractivity contribution in [1.82, 2.24) is 20.4 Å². The third-order valence-corrected chi connectivity index (χ3v) is 7.18. The molecule has 2 atom stereocenters. The van der Waals surface area contributed by atoms with E-state index in [1.807, 2.05) is 48.5 Å². The summed E-state index contributed by atoms with van der Waals surface area (Å²) in [6.07, 6.45) is 2.21. The Kier molecular flexibility index (Phi) is 7.40. The number of benzene rings is 2. The number of likely N-dealkylation sites (N-methyl/N-ethyl adjacent to an activating group) is 1. The van der Waals surface area contributed by atoms with E-state index in [1.165, 1.54) is 0 Å². The second-order valence-corrected chi connectivity index (χ2v) is 9.06. The zero-order valence-corrected chi connectivity index (χ0v) is 20.7. The number of rotatable bonds is 9. The Bertz CT molecular complexity index is 1100. The number of imide groups is 1. The maximum atomic E-state index is 13.5. The van der Waals surface area contributed by atoms with E-state index in [0.717, 1.165) is 53.3 Å². The third-order valence-electron chi connectivity index (χ3n) is 7.18. The van der Waals surface area contributed by atoms with E-state index in [0.29, 0.717) is 13.0 Å². The molecule has 1 saturated heterocycles. The Balaban J connectivity index is 1.47. The Labute approximate surface area is 206 Å². The van der Waals surface area contributed by atoms with Crippen LogP contribution in [-0.2, 0) is 21.5 Å². The number of ether oxygens (including phenoxy) is 1. The number of fused-ring (bicyclic) bond motifs is 2. The van der Waals surface area contributed by atoms with Crippen molar-refractivity contribution in [3.05, 3.63) is 65.2 Å². The van der Waals surface area contributed by atoms with Crippen molar-refractivity contribution in [3.63, 3.8) is 0 Å². The van der Waals surface area contributed by atoms with Gasteiger partial charge in [-0.15, -0.1) is 0 Å². The van der Waals surface area contributed by atoms with Gasteiger partial charge in [0.1, 0.15) is 17.8 Å². The van der Waals surface area contributed by atoms with E-state index in [4.69, 9.17) is 4.74 Å². The molecule has 2 aliphatic rings. The molecule has 2 aromatic carbocycles. The van der Waals surface area contributed by atoms with Gasteiger partial charge in [-0.25, -0.2) is 4.79 Å². The molecule has 186 valence electrons. The van der Waals surface area contributed by atoms with Gasteiger partial charge in [0.15, 0.2) is 0 Å². The number of carbonyl (C=O) groups excluding carboxylic acids is 3. The monoisotopic (exact) mass is 478 g/mol. The average Bonchev–Trinajstić information content (AvgIpc) is 3.11. The average molecular weight is 479 g/mol. The molecule has 8 nitrogen and oxygen atoms in total. The van der Waals surface area contributed by atoms with E-state index < -0.39 is 11.6 Å². The molecule has 0 saturated carbocycles. The number of hydrogen-bond acceptors (Lipinski definition) is 5. The second-order valence-electron chi connectivity index (χ2n) is 9.06. The molecule has 1 aliphatic carbocycles. The lowest BCUT2D eigenvalue weighted by Crippen LogP contribution is -2.47. The van der Waals surface area contributed by atoms with Crippen molar-refractivity contribution < 1.29 is 19.1 Å². The third kappa shape index (κ3) is 4.75. The van der Waals surface area contributed by atoms with Gasteiger partial charge in [0.25, 0.3) is 5.91 Å². The van der Waals surface area contributed by atoms with Crippen LogP contribution in [0.3, 0.4) is 0 Å². The highest BCUT2D eigenvalue weighted by molar-refractivity contribution is 6.09. The van der Waals surface area contributed by atoms with Crippen LogP contribution in [0.5, 0.6) is 5.75 Å². The van der Waals surface area contributed by atoms with Crippen molar-refractivity contribution in [2.45, 2.75) is 44.7 Å². The Hall–Kier alpha value is -3.39. The Morgan fingerprint density at radius 1 is 1.17 bits per heavy atom. The van der Waals surface area contributed by atoms with Crippen LogP contribution < -0.4 is 15.4 Å². The first kappa shape index (κ1) is 24.7. The maximum Gasteiger partial charge on any atom is 0.325 e. The highest BCUT2D eigenvalue weighted by Crippen LogP contribution is 2.39. The molecular weight excluding hydrogens is 444 g/mol. The zero-order chi connectivity index (χ0) is 25.0. The first-order valence-corrected chi connectivity index (χ1v) is 12.3. The molecule has 0 aromatic heterocycles. The molecule has 0 unspecified atom stereocenters. The van der Waals surface area contributed by atoms with Gasteiger partial charge in [0.2, 0.25) is 5.91 Å². The van der Waals surface area contributed by atoms with Crippen LogP contribution >= 0.6 is 0 Å². The molecule has 8 heteroatoms. The predicted molar refractivity (Wildman–Crippen MR) is 133 cm³/mol. The summed E-state index contributed by atoms with van der Waals surface area (Å²) >= 11 is 0. The fourth-order valence-electron chi connectivity index (χ4n) is 5.34. The highest BCUT2D eigenvalue weighted by atomic mass is 16.5. The summed E-state index contributed by atoms with van der Waals surface area (Å²) in [7, 11) is 1.63. The minimum atomic E-state index is -1.07. The van der Waals surface area contributed by atoms with Crippen LogP contribution in [0.15, 0.2) is 48.5 Å². The molecule has 4 amide bonds. The molecule has 35 heavy (non-hydrogen) atoms. The van der Waals surface area contributed by atoms with Gasteiger partial charge in [-0.3, -0.25) is 19.4 Å². The lowest BCUT2D eigenvalue weighted by atomic mass is 9.76. The largest absolute Gasteiger partial charge is 0.497 e. The first-order chi connectivity index (χ1) is 16.9. The second kappa shape index (κ2) is 10.5. The number of hydrogen-bond donors (Lipinski definition) is 2. The Morgan fingerprint density at radius 2 is 1.94 bits per heavy atom. The van der Waals surface area contributed by atoms with Crippen molar-refractivity contribution >= 4 is 17.8 Å². The normalized spacial score (nSPS) is 20.1. The summed E-state index contributed by atoms with van der Waals surface area (Å²) < 4.78 is 5.38.